The van der Waals surface area contributed by atoms with Gasteiger partial charge in [-0.1, -0.05) is 0 Å². The Morgan fingerprint density at radius 2 is 2.00 bits per heavy atom. The van der Waals surface area contributed by atoms with Crippen molar-refractivity contribution < 1.29 is 13.2 Å². The highest BCUT2D eigenvalue weighted by molar-refractivity contribution is 5.09. The molecule has 0 radical (unpaired) electrons. The Bertz CT molecular complexity index is 336. The number of aryl methyl sites for hydroxylation is 2. The molecule has 0 aromatic carbocycles. The molecule has 1 heterocycles. The van der Waals surface area contributed by atoms with Crippen molar-refractivity contribution in [2.24, 2.45) is 5.73 Å². The van der Waals surface area contributed by atoms with Gasteiger partial charge in [0.15, 0.2) is 0 Å². The van der Waals surface area contributed by atoms with Crippen molar-refractivity contribution in [1.82, 2.24) is 9.97 Å². The van der Waals surface area contributed by atoms with E-state index in [1.54, 1.807) is 13.0 Å². The average Bonchev–Trinajstić information content (AvgIpc) is 2.13. The SMILES string of the molecule is Cc1cc(CN)nc(CCC(F)(F)F)n1. The maximum absolute atomic E-state index is 11.9. The van der Waals surface area contributed by atoms with E-state index in [-0.39, 0.29) is 18.8 Å². The summed E-state index contributed by atoms with van der Waals surface area (Å²) in [5.74, 6) is 0.202. The van der Waals surface area contributed by atoms with Gasteiger partial charge in [0.05, 0.1) is 12.1 Å². The molecule has 6 heteroatoms. The van der Waals surface area contributed by atoms with E-state index in [4.69, 9.17) is 5.73 Å². The van der Waals surface area contributed by atoms with Gasteiger partial charge in [-0.15, -0.1) is 0 Å². The quantitative estimate of drug-likeness (QED) is 0.842. The molecule has 0 fully saturated rings. The largest absolute Gasteiger partial charge is 0.389 e. The molecule has 0 aliphatic heterocycles. The molecular formula is C9H12F3N3. The molecule has 3 nitrogen and oxygen atoms in total. The zero-order valence-electron chi connectivity index (χ0n) is 8.30. The van der Waals surface area contributed by atoms with Gasteiger partial charge in [-0.05, 0) is 13.0 Å². The van der Waals surface area contributed by atoms with Gasteiger partial charge in [0.25, 0.3) is 0 Å². The summed E-state index contributed by atoms with van der Waals surface area (Å²) < 4.78 is 35.8. The zero-order valence-corrected chi connectivity index (χ0v) is 8.30. The molecule has 0 unspecified atom stereocenters. The fourth-order valence-corrected chi connectivity index (χ4v) is 1.17. The van der Waals surface area contributed by atoms with Crippen LogP contribution in [0.2, 0.25) is 0 Å². The van der Waals surface area contributed by atoms with Gasteiger partial charge in [-0.2, -0.15) is 13.2 Å². The molecule has 1 aromatic rings. The van der Waals surface area contributed by atoms with Crippen LogP contribution in [0.4, 0.5) is 13.2 Å². The molecule has 0 amide bonds. The predicted octanol–water partition coefficient (Wildman–Crippen LogP) is 1.74. The topological polar surface area (TPSA) is 51.8 Å². The van der Waals surface area contributed by atoms with Crippen molar-refractivity contribution in [3.63, 3.8) is 0 Å². The molecule has 0 bridgehead atoms. The van der Waals surface area contributed by atoms with Gasteiger partial charge in [0, 0.05) is 18.7 Å². The average molecular weight is 219 g/mol. The molecular weight excluding hydrogens is 207 g/mol. The number of hydrogen-bond acceptors (Lipinski definition) is 3. The van der Waals surface area contributed by atoms with E-state index in [1.807, 2.05) is 0 Å². The maximum atomic E-state index is 11.9. The molecule has 1 aromatic heterocycles. The number of nitrogens with zero attached hydrogens (tertiary/aromatic N) is 2. The second-order valence-corrected chi connectivity index (χ2v) is 3.24. The smallest absolute Gasteiger partial charge is 0.325 e. The fraction of sp³-hybridized carbons (Fsp3) is 0.556. The number of halogens is 3. The highest BCUT2D eigenvalue weighted by Crippen LogP contribution is 2.21. The Kier molecular flexibility index (Phi) is 3.62. The van der Waals surface area contributed by atoms with Gasteiger partial charge in [-0.3, -0.25) is 0 Å². The van der Waals surface area contributed by atoms with Crippen LogP contribution in [0.1, 0.15) is 23.6 Å². The van der Waals surface area contributed by atoms with E-state index >= 15 is 0 Å². The Hall–Kier alpha value is -1.17. The van der Waals surface area contributed by atoms with Crippen LogP contribution in [-0.4, -0.2) is 16.1 Å². The Labute approximate surface area is 85.5 Å². The zero-order chi connectivity index (χ0) is 11.5. The van der Waals surface area contributed by atoms with Crippen LogP contribution in [0.3, 0.4) is 0 Å². The Balaban J connectivity index is 2.73. The number of nitrogens with two attached hydrogens (primary N) is 1. The monoisotopic (exact) mass is 219 g/mol. The lowest BCUT2D eigenvalue weighted by molar-refractivity contribution is -0.134. The van der Waals surface area contributed by atoms with Crippen molar-refractivity contribution in [2.45, 2.75) is 32.5 Å². The Morgan fingerprint density at radius 1 is 1.33 bits per heavy atom. The molecule has 1 rings (SSSR count). The van der Waals surface area contributed by atoms with E-state index in [1.165, 1.54) is 0 Å². The van der Waals surface area contributed by atoms with Crippen molar-refractivity contribution >= 4 is 0 Å². The first kappa shape index (κ1) is 11.9. The van der Waals surface area contributed by atoms with Crippen LogP contribution in [0.15, 0.2) is 6.07 Å². The van der Waals surface area contributed by atoms with Crippen molar-refractivity contribution in [2.75, 3.05) is 0 Å². The summed E-state index contributed by atoms with van der Waals surface area (Å²) in [7, 11) is 0. The van der Waals surface area contributed by atoms with E-state index in [2.05, 4.69) is 9.97 Å². The summed E-state index contributed by atoms with van der Waals surface area (Å²) in [4.78, 5) is 7.84. The molecule has 2 N–H and O–H groups in total. The van der Waals surface area contributed by atoms with E-state index in [9.17, 15) is 13.2 Å². The van der Waals surface area contributed by atoms with Crippen LogP contribution in [0.25, 0.3) is 0 Å². The van der Waals surface area contributed by atoms with Gasteiger partial charge >= 0.3 is 6.18 Å². The minimum Gasteiger partial charge on any atom is -0.325 e. The normalized spacial score (nSPS) is 11.8. The van der Waals surface area contributed by atoms with Crippen LogP contribution in [-0.2, 0) is 13.0 Å². The standard InChI is InChI=1S/C9H12F3N3/c1-6-4-7(5-13)15-8(14-6)2-3-9(10,11)12/h4H,2-3,5,13H2,1H3. The highest BCUT2D eigenvalue weighted by Gasteiger charge is 2.27. The third-order valence-electron chi connectivity index (χ3n) is 1.79. The number of alkyl halides is 3. The van der Waals surface area contributed by atoms with Gasteiger partial charge in [0.1, 0.15) is 5.82 Å². The van der Waals surface area contributed by atoms with E-state index in [0.29, 0.717) is 11.4 Å². The molecule has 15 heavy (non-hydrogen) atoms. The van der Waals surface area contributed by atoms with Gasteiger partial charge < -0.3 is 5.73 Å². The lowest BCUT2D eigenvalue weighted by Gasteiger charge is -2.06. The summed E-state index contributed by atoms with van der Waals surface area (Å²) in [5.41, 5.74) is 6.57. The summed E-state index contributed by atoms with van der Waals surface area (Å²) in [6.45, 7) is 1.92. The van der Waals surface area contributed by atoms with E-state index in [0.717, 1.165) is 0 Å². The first-order valence-electron chi connectivity index (χ1n) is 4.51. The van der Waals surface area contributed by atoms with E-state index < -0.39 is 12.6 Å². The minimum absolute atomic E-state index is 0.196. The first-order chi connectivity index (χ1) is 6.90. The van der Waals surface area contributed by atoms with Crippen LogP contribution >= 0.6 is 0 Å². The summed E-state index contributed by atoms with van der Waals surface area (Å²) >= 11 is 0. The molecule has 0 aliphatic carbocycles. The fourth-order valence-electron chi connectivity index (χ4n) is 1.17. The Morgan fingerprint density at radius 3 is 2.53 bits per heavy atom. The number of aromatic nitrogens is 2. The molecule has 0 saturated heterocycles. The van der Waals surface area contributed by atoms with Crippen LogP contribution in [0.5, 0.6) is 0 Å². The number of rotatable bonds is 3. The second kappa shape index (κ2) is 4.57. The summed E-state index contributed by atoms with van der Waals surface area (Å²) in [5, 5.41) is 0. The lowest BCUT2D eigenvalue weighted by atomic mass is 10.2. The third-order valence-corrected chi connectivity index (χ3v) is 1.79. The van der Waals surface area contributed by atoms with Crippen LogP contribution in [0, 0.1) is 6.92 Å². The van der Waals surface area contributed by atoms with Crippen LogP contribution < -0.4 is 5.73 Å². The maximum Gasteiger partial charge on any atom is 0.389 e. The van der Waals surface area contributed by atoms with Crippen molar-refractivity contribution in [1.29, 1.82) is 0 Å². The van der Waals surface area contributed by atoms with Gasteiger partial charge in [0.2, 0.25) is 0 Å². The second-order valence-electron chi connectivity index (χ2n) is 3.24. The predicted molar refractivity (Wildman–Crippen MR) is 49.0 cm³/mol. The molecule has 0 saturated carbocycles. The third kappa shape index (κ3) is 4.24. The lowest BCUT2D eigenvalue weighted by Crippen LogP contribution is -2.12. The molecule has 0 aliphatic rings. The highest BCUT2D eigenvalue weighted by atomic mass is 19.4. The molecule has 0 atom stereocenters. The van der Waals surface area contributed by atoms with Crippen molar-refractivity contribution in [3.8, 4) is 0 Å². The summed E-state index contributed by atoms with van der Waals surface area (Å²) in [6.07, 6.45) is -5.27. The minimum atomic E-state index is -4.17. The van der Waals surface area contributed by atoms with Crippen molar-refractivity contribution in [3.05, 3.63) is 23.3 Å². The summed E-state index contributed by atoms with van der Waals surface area (Å²) in [6, 6.07) is 1.66. The first-order valence-corrected chi connectivity index (χ1v) is 4.51. The molecule has 84 valence electrons. The number of hydrogen-bond donors (Lipinski definition) is 1. The van der Waals surface area contributed by atoms with Gasteiger partial charge in [-0.25, -0.2) is 9.97 Å². The molecule has 0 spiro atoms.